The molecule has 0 spiro atoms. The summed E-state index contributed by atoms with van der Waals surface area (Å²) in [4.78, 5) is 11.5. The molecule has 1 aromatic rings. The molecule has 1 aliphatic heterocycles. The minimum Gasteiger partial charge on any atom is -0.508 e. The number of hydrogen-bond donors (Lipinski definition) is 2. The minimum absolute atomic E-state index is 0.0461. The number of Topliss-reactive ketones (excluding diaryl/α,β-unsaturated/α-hetero) is 1. The molecule has 1 heterocycles. The van der Waals surface area contributed by atoms with Gasteiger partial charge in [-0.15, -0.1) is 0 Å². The van der Waals surface area contributed by atoms with E-state index in [0.29, 0.717) is 11.3 Å². The van der Waals surface area contributed by atoms with Gasteiger partial charge in [-0.25, -0.2) is 0 Å². The second-order valence-electron chi connectivity index (χ2n) is 2.96. The van der Waals surface area contributed by atoms with E-state index in [9.17, 15) is 4.79 Å². The Balaban J connectivity index is 2.51. The van der Waals surface area contributed by atoms with Gasteiger partial charge in [0.25, 0.3) is 0 Å². The predicted molar refractivity (Wildman–Crippen MR) is 45.9 cm³/mol. The fraction of sp³-hybridized carbons (Fsp3) is 0.222. The summed E-state index contributed by atoms with van der Waals surface area (Å²) in [6.45, 7) is 0.205. The van der Waals surface area contributed by atoms with Gasteiger partial charge in [0.2, 0.25) is 0 Å². The SMILES string of the molecule is NC1COc2ccc(O)cc2C1=O. The summed E-state index contributed by atoms with van der Waals surface area (Å²) < 4.78 is 5.20. The number of fused-ring (bicyclic) bond motifs is 1. The normalized spacial score (nSPS) is 20.7. The Kier molecular flexibility index (Phi) is 1.70. The summed E-state index contributed by atoms with van der Waals surface area (Å²) >= 11 is 0. The van der Waals surface area contributed by atoms with Crippen molar-refractivity contribution < 1.29 is 14.6 Å². The molecule has 2 rings (SSSR count). The van der Waals surface area contributed by atoms with Gasteiger partial charge in [0.15, 0.2) is 5.78 Å². The minimum atomic E-state index is -0.616. The van der Waals surface area contributed by atoms with Crippen molar-refractivity contribution in [3.8, 4) is 11.5 Å². The number of hydrogen-bond acceptors (Lipinski definition) is 4. The van der Waals surface area contributed by atoms with Gasteiger partial charge in [-0.05, 0) is 18.2 Å². The monoisotopic (exact) mass is 179 g/mol. The third-order valence-electron chi connectivity index (χ3n) is 1.98. The van der Waals surface area contributed by atoms with Crippen molar-refractivity contribution in [3.63, 3.8) is 0 Å². The number of phenolic OH excluding ortho intramolecular Hbond substituents is 1. The van der Waals surface area contributed by atoms with E-state index in [1.165, 1.54) is 12.1 Å². The lowest BCUT2D eigenvalue weighted by Gasteiger charge is -2.20. The first kappa shape index (κ1) is 8.07. The van der Waals surface area contributed by atoms with Crippen LogP contribution in [0.2, 0.25) is 0 Å². The van der Waals surface area contributed by atoms with Crippen LogP contribution in [-0.4, -0.2) is 23.5 Å². The second-order valence-corrected chi connectivity index (χ2v) is 2.96. The highest BCUT2D eigenvalue weighted by atomic mass is 16.5. The molecule has 1 aromatic carbocycles. The number of phenols is 1. The van der Waals surface area contributed by atoms with Gasteiger partial charge in [-0.1, -0.05) is 0 Å². The highest BCUT2D eigenvalue weighted by Crippen LogP contribution is 2.27. The van der Waals surface area contributed by atoms with E-state index in [-0.39, 0.29) is 18.1 Å². The Morgan fingerprint density at radius 1 is 1.54 bits per heavy atom. The summed E-state index contributed by atoms with van der Waals surface area (Å²) in [6, 6.07) is 3.79. The van der Waals surface area contributed by atoms with E-state index in [2.05, 4.69) is 0 Å². The third kappa shape index (κ3) is 1.25. The van der Waals surface area contributed by atoms with Gasteiger partial charge >= 0.3 is 0 Å². The molecule has 1 atom stereocenters. The van der Waals surface area contributed by atoms with Crippen LogP contribution in [0, 0.1) is 0 Å². The Hall–Kier alpha value is -1.55. The van der Waals surface area contributed by atoms with Gasteiger partial charge < -0.3 is 15.6 Å². The van der Waals surface area contributed by atoms with Crippen LogP contribution in [0.15, 0.2) is 18.2 Å². The number of aromatic hydroxyl groups is 1. The molecule has 4 heteroatoms. The number of ketones is 1. The van der Waals surface area contributed by atoms with E-state index in [4.69, 9.17) is 15.6 Å². The lowest BCUT2D eigenvalue weighted by Crippen LogP contribution is -2.39. The van der Waals surface area contributed by atoms with Gasteiger partial charge in [0.1, 0.15) is 24.1 Å². The number of carbonyl (C=O) groups excluding carboxylic acids is 1. The van der Waals surface area contributed by atoms with Crippen LogP contribution in [0.3, 0.4) is 0 Å². The van der Waals surface area contributed by atoms with Crippen LogP contribution in [0.25, 0.3) is 0 Å². The van der Waals surface area contributed by atoms with E-state index in [1.807, 2.05) is 0 Å². The quantitative estimate of drug-likeness (QED) is 0.600. The molecular weight excluding hydrogens is 170 g/mol. The maximum Gasteiger partial charge on any atom is 0.186 e. The van der Waals surface area contributed by atoms with E-state index in [0.717, 1.165) is 0 Å². The summed E-state index contributed by atoms with van der Waals surface area (Å²) in [6.07, 6.45) is 0. The Labute approximate surface area is 74.9 Å². The first-order chi connectivity index (χ1) is 6.18. The molecule has 3 N–H and O–H groups in total. The lowest BCUT2D eigenvalue weighted by atomic mass is 10.0. The molecule has 1 unspecified atom stereocenters. The number of rotatable bonds is 0. The van der Waals surface area contributed by atoms with Crippen molar-refractivity contribution in [3.05, 3.63) is 23.8 Å². The van der Waals surface area contributed by atoms with Crippen LogP contribution in [-0.2, 0) is 0 Å². The third-order valence-corrected chi connectivity index (χ3v) is 1.98. The van der Waals surface area contributed by atoms with Crippen LogP contribution < -0.4 is 10.5 Å². The molecule has 13 heavy (non-hydrogen) atoms. The largest absolute Gasteiger partial charge is 0.508 e. The summed E-state index contributed by atoms with van der Waals surface area (Å²) in [5.74, 6) is 0.353. The predicted octanol–water partition coefficient (Wildman–Crippen LogP) is 0.295. The van der Waals surface area contributed by atoms with Gasteiger partial charge in [0, 0.05) is 0 Å². The van der Waals surface area contributed by atoms with Crippen molar-refractivity contribution in [2.24, 2.45) is 5.73 Å². The second kappa shape index (κ2) is 2.74. The molecule has 4 nitrogen and oxygen atoms in total. The van der Waals surface area contributed by atoms with E-state index in [1.54, 1.807) is 6.07 Å². The van der Waals surface area contributed by atoms with Gasteiger partial charge in [-0.3, -0.25) is 4.79 Å². The highest BCUT2D eigenvalue weighted by molar-refractivity contribution is 6.03. The molecule has 0 aliphatic carbocycles. The maximum atomic E-state index is 11.5. The Morgan fingerprint density at radius 2 is 2.31 bits per heavy atom. The van der Waals surface area contributed by atoms with Gasteiger partial charge in [-0.2, -0.15) is 0 Å². The zero-order valence-corrected chi connectivity index (χ0v) is 6.86. The maximum absolute atomic E-state index is 11.5. The number of nitrogens with two attached hydrogens (primary N) is 1. The molecular formula is C9H9NO3. The summed E-state index contributed by atoms with van der Waals surface area (Å²) in [5, 5.41) is 9.14. The van der Waals surface area contributed by atoms with Crippen molar-refractivity contribution in [2.75, 3.05) is 6.61 Å². The Bertz CT molecular complexity index is 362. The first-order valence-corrected chi connectivity index (χ1v) is 3.94. The van der Waals surface area contributed by atoms with E-state index >= 15 is 0 Å². The smallest absolute Gasteiger partial charge is 0.186 e. The zero-order chi connectivity index (χ0) is 9.42. The fourth-order valence-electron chi connectivity index (χ4n) is 1.29. The summed E-state index contributed by atoms with van der Waals surface area (Å²) in [5.41, 5.74) is 5.85. The molecule has 0 bridgehead atoms. The molecule has 0 aromatic heterocycles. The van der Waals surface area contributed by atoms with Gasteiger partial charge in [0.05, 0.1) is 5.56 Å². The topological polar surface area (TPSA) is 72.6 Å². The fourth-order valence-corrected chi connectivity index (χ4v) is 1.29. The average molecular weight is 179 g/mol. The molecule has 68 valence electrons. The number of ether oxygens (including phenoxy) is 1. The van der Waals surface area contributed by atoms with Crippen LogP contribution >= 0.6 is 0 Å². The standard InChI is InChI=1S/C9H9NO3/c10-7-4-13-8-2-1-5(11)3-6(8)9(7)12/h1-3,7,11H,4,10H2. The van der Waals surface area contributed by atoms with Crippen molar-refractivity contribution in [1.29, 1.82) is 0 Å². The van der Waals surface area contributed by atoms with Crippen LogP contribution in [0.5, 0.6) is 11.5 Å². The molecule has 1 aliphatic rings. The van der Waals surface area contributed by atoms with Crippen molar-refractivity contribution in [2.45, 2.75) is 6.04 Å². The first-order valence-electron chi connectivity index (χ1n) is 3.94. The molecule has 0 radical (unpaired) electrons. The molecule has 0 saturated heterocycles. The Morgan fingerprint density at radius 3 is 3.08 bits per heavy atom. The summed E-state index contributed by atoms with van der Waals surface area (Å²) in [7, 11) is 0. The average Bonchev–Trinajstić information content (AvgIpc) is 2.12. The highest BCUT2D eigenvalue weighted by Gasteiger charge is 2.25. The number of carbonyl (C=O) groups is 1. The van der Waals surface area contributed by atoms with Crippen molar-refractivity contribution >= 4 is 5.78 Å². The van der Waals surface area contributed by atoms with Crippen LogP contribution in [0.4, 0.5) is 0 Å². The molecule has 0 saturated carbocycles. The lowest BCUT2D eigenvalue weighted by molar-refractivity contribution is 0.0899. The van der Waals surface area contributed by atoms with Crippen LogP contribution in [0.1, 0.15) is 10.4 Å². The zero-order valence-electron chi connectivity index (χ0n) is 6.86. The molecule has 0 amide bonds. The molecule has 0 fully saturated rings. The van der Waals surface area contributed by atoms with E-state index < -0.39 is 6.04 Å². The van der Waals surface area contributed by atoms with Crippen molar-refractivity contribution in [1.82, 2.24) is 0 Å². The number of benzene rings is 1.